The molecule has 0 aromatic carbocycles. The van der Waals surface area contributed by atoms with E-state index < -0.39 is 5.97 Å². The predicted molar refractivity (Wildman–Crippen MR) is 91.8 cm³/mol. The van der Waals surface area contributed by atoms with Gasteiger partial charge in [0.05, 0.1) is 10.6 Å². The topological polar surface area (TPSA) is 80.4 Å². The van der Waals surface area contributed by atoms with Gasteiger partial charge in [-0.1, -0.05) is 20.8 Å². The second kappa shape index (κ2) is 5.70. The highest BCUT2D eigenvalue weighted by Gasteiger charge is 2.31. The third kappa shape index (κ3) is 2.82. The van der Waals surface area contributed by atoms with E-state index in [1.165, 1.54) is 0 Å². The molecule has 0 unspecified atom stereocenters. The normalized spacial score (nSPS) is 16.5. The van der Waals surface area contributed by atoms with Gasteiger partial charge in [-0.25, -0.2) is 9.78 Å². The van der Waals surface area contributed by atoms with Crippen LogP contribution < -0.4 is 0 Å². The van der Waals surface area contributed by atoms with E-state index in [-0.39, 0.29) is 17.0 Å². The average molecular weight is 345 g/mol. The van der Waals surface area contributed by atoms with Gasteiger partial charge < -0.3 is 9.52 Å². The third-order valence-corrected chi connectivity index (χ3v) is 5.41. The largest absolute Gasteiger partial charge is 0.475 e. The summed E-state index contributed by atoms with van der Waals surface area (Å²) < 4.78 is 5.36. The number of Topliss-reactive ketones (excluding diaryl/α,β-unsaturated/α-hetero) is 1. The van der Waals surface area contributed by atoms with E-state index in [2.05, 4.69) is 25.8 Å². The van der Waals surface area contributed by atoms with Gasteiger partial charge in [0.25, 0.3) is 0 Å². The highest BCUT2D eigenvalue weighted by Crippen LogP contribution is 2.34. The van der Waals surface area contributed by atoms with E-state index in [1.54, 1.807) is 24.5 Å². The van der Waals surface area contributed by atoms with Crippen molar-refractivity contribution in [2.75, 3.05) is 0 Å². The Bertz CT molecular complexity index is 864. The van der Waals surface area contributed by atoms with Crippen molar-refractivity contribution in [3.05, 3.63) is 44.3 Å². The molecular weight excluding hydrogens is 326 g/mol. The summed E-state index contributed by atoms with van der Waals surface area (Å²) in [5.41, 5.74) is 1.47. The first-order valence-electron chi connectivity index (χ1n) is 7.75. The van der Waals surface area contributed by atoms with Gasteiger partial charge in [-0.05, 0) is 19.4 Å². The molecule has 0 aliphatic heterocycles. The van der Waals surface area contributed by atoms with E-state index in [0.717, 1.165) is 9.88 Å². The Balaban J connectivity index is 1.96. The molecule has 126 valence electrons. The van der Waals surface area contributed by atoms with Crippen LogP contribution in [-0.4, -0.2) is 21.8 Å². The molecule has 1 aliphatic rings. The number of aryl methyl sites for hydroxylation is 1. The van der Waals surface area contributed by atoms with Gasteiger partial charge in [0, 0.05) is 34.0 Å². The van der Waals surface area contributed by atoms with Crippen molar-refractivity contribution in [2.45, 2.75) is 46.0 Å². The summed E-state index contributed by atoms with van der Waals surface area (Å²) in [6, 6.07) is 0. The molecule has 0 atom stereocenters. The van der Waals surface area contributed by atoms with Crippen LogP contribution in [0.4, 0.5) is 0 Å². The SMILES string of the molecule is Cc1c(C(=O)O)oc2c1C(=O)/C(=C\c1cnc(C(C)(C)C)s1)CC2. The van der Waals surface area contributed by atoms with Crippen molar-refractivity contribution in [3.8, 4) is 0 Å². The minimum absolute atomic E-state index is 0.0251. The zero-order valence-electron chi connectivity index (χ0n) is 14.1. The molecule has 24 heavy (non-hydrogen) atoms. The number of carboxylic acids is 1. The van der Waals surface area contributed by atoms with E-state index in [9.17, 15) is 9.59 Å². The van der Waals surface area contributed by atoms with Crippen LogP contribution in [0.1, 0.15) is 69.3 Å². The lowest BCUT2D eigenvalue weighted by Crippen LogP contribution is -2.13. The lowest BCUT2D eigenvalue weighted by Gasteiger charge is -2.14. The number of rotatable bonds is 2. The highest BCUT2D eigenvalue weighted by molar-refractivity contribution is 7.12. The lowest BCUT2D eigenvalue weighted by atomic mass is 9.89. The molecule has 3 rings (SSSR count). The van der Waals surface area contributed by atoms with Gasteiger partial charge in [-0.15, -0.1) is 11.3 Å². The Kier molecular flexibility index (Phi) is 3.95. The molecule has 0 fully saturated rings. The quantitative estimate of drug-likeness (QED) is 0.823. The van der Waals surface area contributed by atoms with E-state index in [4.69, 9.17) is 9.52 Å². The number of ketones is 1. The summed E-state index contributed by atoms with van der Waals surface area (Å²) in [7, 11) is 0. The Morgan fingerprint density at radius 1 is 1.38 bits per heavy atom. The van der Waals surface area contributed by atoms with E-state index in [0.29, 0.717) is 35.3 Å². The van der Waals surface area contributed by atoms with Crippen LogP contribution in [0.25, 0.3) is 6.08 Å². The molecule has 0 spiro atoms. The smallest absolute Gasteiger partial charge is 0.372 e. The maximum Gasteiger partial charge on any atom is 0.372 e. The standard InChI is InChI=1S/C18H19NO4S/c1-9-13-12(23-15(9)16(21)22)6-5-10(14(13)20)7-11-8-19-17(24-11)18(2,3)4/h7-8H,5-6H2,1-4H3,(H,21,22)/b10-7-. The number of carbonyl (C=O) groups is 2. The van der Waals surface area contributed by atoms with Crippen LogP contribution in [0.3, 0.4) is 0 Å². The second-order valence-electron chi connectivity index (χ2n) is 6.98. The summed E-state index contributed by atoms with van der Waals surface area (Å²) >= 11 is 1.57. The van der Waals surface area contributed by atoms with Gasteiger partial charge in [0.2, 0.25) is 5.76 Å². The zero-order chi connectivity index (χ0) is 17.6. The highest BCUT2D eigenvalue weighted by atomic mass is 32.1. The fourth-order valence-corrected chi connectivity index (χ4v) is 3.72. The number of carboxylic acid groups (broad SMARTS) is 1. The molecule has 0 radical (unpaired) electrons. The van der Waals surface area contributed by atoms with Crippen molar-refractivity contribution < 1.29 is 19.1 Å². The van der Waals surface area contributed by atoms with Crippen LogP contribution in [0, 0.1) is 6.92 Å². The number of allylic oxidation sites excluding steroid dienone is 1. The maximum atomic E-state index is 12.7. The Morgan fingerprint density at radius 3 is 2.67 bits per heavy atom. The van der Waals surface area contributed by atoms with Crippen LogP contribution >= 0.6 is 11.3 Å². The fraction of sp³-hybridized carbons (Fsp3) is 0.389. The van der Waals surface area contributed by atoms with E-state index in [1.807, 2.05) is 6.08 Å². The number of aromatic carboxylic acids is 1. The van der Waals surface area contributed by atoms with Crippen LogP contribution in [-0.2, 0) is 11.8 Å². The van der Waals surface area contributed by atoms with Crippen molar-refractivity contribution in [1.29, 1.82) is 0 Å². The number of thiazole rings is 1. The number of hydrogen-bond acceptors (Lipinski definition) is 5. The fourth-order valence-electron chi connectivity index (χ4n) is 2.78. The molecule has 1 N–H and O–H groups in total. The Hall–Kier alpha value is -2.21. The van der Waals surface area contributed by atoms with Crippen molar-refractivity contribution in [1.82, 2.24) is 4.98 Å². The third-order valence-electron chi connectivity index (χ3n) is 4.04. The molecule has 0 bridgehead atoms. The van der Waals surface area contributed by atoms with Gasteiger partial charge in [0.1, 0.15) is 5.76 Å². The van der Waals surface area contributed by atoms with Gasteiger partial charge in [-0.3, -0.25) is 4.79 Å². The van der Waals surface area contributed by atoms with Crippen LogP contribution in [0.2, 0.25) is 0 Å². The predicted octanol–water partition coefficient (Wildman–Crippen LogP) is 4.25. The lowest BCUT2D eigenvalue weighted by molar-refractivity contribution is 0.0659. The monoisotopic (exact) mass is 345 g/mol. The number of hydrogen-bond donors (Lipinski definition) is 1. The summed E-state index contributed by atoms with van der Waals surface area (Å²) in [4.78, 5) is 29.3. The van der Waals surface area contributed by atoms with Gasteiger partial charge in [0.15, 0.2) is 5.78 Å². The summed E-state index contributed by atoms with van der Waals surface area (Å²) in [5.74, 6) is -0.942. The number of furan rings is 1. The summed E-state index contributed by atoms with van der Waals surface area (Å²) in [6.45, 7) is 7.92. The number of aromatic nitrogens is 1. The molecule has 0 saturated heterocycles. The number of nitrogens with zero attached hydrogens (tertiary/aromatic N) is 1. The second-order valence-corrected chi connectivity index (χ2v) is 8.04. The van der Waals surface area contributed by atoms with Crippen molar-refractivity contribution in [2.24, 2.45) is 0 Å². The molecule has 2 aromatic rings. The molecule has 5 nitrogen and oxygen atoms in total. The molecule has 2 aromatic heterocycles. The van der Waals surface area contributed by atoms with Gasteiger partial charge in [-0.2, -0.15) is 0 Å². The van der Waals surface area contributed by atoms with Crippen molar-refractivity contribution >= 4 is 29.2 Å². The molecule has 0 amide bonds. The van der Waals surface area contributed by atoms with Gasteiger partial charge >= 0.3 is 5.97 Å². The first kappa shape index (κ1) is 16.6. The maximum absolute atomic E-state index is 12.7. The first-order chi connectivity index (χ1) is 11.2. The first-order valence-corrected chi connectivity index (χ1v) is 8.57. The molecule has 6 heteroatoms. The van der Waals surface area contributed by atoms with Crippen LogP contribution in [0.15, 0.2) is 16.2 Å². The van der Waals surface area contributed by atoms with E-state index >= 15 is 0 Å². The Labute approximate surface area is 144 Å². The van der Waals surface area contributed by atoms with Crippen molar-refractivity contribution in [3.63, 3.8) is 0 Å². The Morgan fingerprint density at radius 2 is 2.08 bits per heavy atom. The molecular formula is C18H19NO4S. The average Bonchev–Trinajstić information content (AvgIpc) is 3.07. The molecule has 2 heterocycles. The zero-order valence-corrected chi connectivity index (χ0v) is 14.9. The number of fused-ring (bicyclic) bond motifs is 1. The minimum Gasteiger partial charge on any atom is -0.475 e. The molecule has 0 saturated carbocycles. The minimum atomic E-state index is -1.14. The summed E-state index contributed by atoms with van der Waals surface area (Å²) in [6.07, 6.45) is 4.73. The molecule has 1 aliphatic carbocycles. The number of carbonyl (C=O) groups excluding carboxylic acids is 1. The summed E-state index contributed by atoms with van der Waals surface area (Å²) in [5, 5.41) is 10.2. The van der Waals surface area contributed by atoms with Crippen LogP contribution in [0.5, 0.6) is 0 Å².